The van der Waals surface area contributed by atoms with Crippen LogP contribution in [0.2, 0.25) is 0 Å². The number of nitrogens with one attached hydrogen (secondary N) is 2. The van der Waals surface area contributed by atoms with Crippen molar-refractivity contribution in [3.05, 3.63) is 51.9 Å². The molecule has 7 heteroatoms. The highest BCUT2D eigenvalue weighted by Gasteiger charge is 2.22. The number of sulfonamides is 1. The second-order valence-corrected chi connectivity index (χ2v) is 9.12. The molecule has 0 aliphatic carbocycles. The Hall–Kier alpha value is -2.12. The second-order valence-electron chi connectivity index (χ2n) is 7.29. The van der Waals surface area contributed by atoms with Crippen molar-refractivity contribution in [2.45, 2.75) is 32.6 Å². The molecule has 0 saturated heterocycles. The van der Waals surface area contributed by atoms with Crippen LogP contribution in [0.1, 0.15) is 31.9 Å². The van der Waals surface area contributed by atoms with Crippen molar-refractivity contribution in [1.29, 1.82) is 0 Å². The van der Waals surface area contributed by atoms with Crippen LogP contribution in [0.15, 0.2) is 35.3 Å². The number of benzene rings is 1. The monoisotopic (exact) mass is 378 g/mol. The topological polar surface area (TPSA) is 88.3 Å². The van der Waals surface area contributed by atoms with E-state index in [1.54, 1.807) is 25.4 Å². The molecule has 2 aromatic rings. The Morgan fingerprint density at radius 2 is 1.88 bits per heavy atom. The van der Waals surface area contributed by atoms with E-state index in [9.17, 15) is 13.2 Å². The van der Waals surface area contributed by atoms with Gasteiger partial charge in [0.1, 0.15) is 5.75 Å². The van der Waals surface area contributed by atoms with E-state index in [4.69, 9.17) is 4.74 Å². The molecule has 0 fully saturated rings. The van der Waals surface area contributed by atoms with Gasteiger partial charge in [0, 0.05) is 23.9 Å². The molecule has 0 radical (unpaired) electrons. The minimum Gasteiger partial charge on any atom is -0.496 e. The predicted octanol–water partition coefficient (Wildman–Crippen LogP) is 2.44. The Morgan fingerprint density at radius 3 is 2.42 bits per heavy atom. The molecule has 1 heterocycles. The van der Waals surface area contributed by atoms with E-state index < -0.39 is 10.0 Å². The van der Waals surface area contributed by atoms with Gasteiger partial charge in [0.25, 0.3) is 5.56 Å². The highest BCUT2D eigenvalue weighted by molar-refractivity contribution is 7.88. The van der Waals surface area contributed by atoms with Gasteiger partial charge in [0.15, 0.2) is 0 Å². The lowest BCUT2D eigenvalue weighted by molar-refractivity contribution is 0.397. The van der Waals surface area contributed by atoms with Gasteiger partial charge in [-0.1, -0.05) is 20.8 Å². The van der Waals surface area contributed by atoms with Crippen LogP contribution < -0.4 is 15.0 Å². The van der Waals surface area contributed by atoms with Crippen LogP contribution in [0.25, 0.3) is 11.1 Å². The lowest BCUT2D eigenvalue weighted by Gasteiger charge is -2.24. The summed E-state index contributed by atoms with van der Waals surface area (Å²) in [5.41, 5.74) is 2.81. The summed E-state index contributed by atoms with van der Waals surface area (Å²) in [6.07, 6.45) is 3.15. The van der Waals surface area contributed by atoms with E-state index in [1.807, 2.05) is 12.1 Å². The van der Waals surface area contributed by atoms with Crippen LogP contribution in [-0.2, 0) is 21.9 Å². The van der Waals surface area contributed by atoms with Gasteiger partial charge in [-0.15, -0.1) is 0 Å². The highest BCUT2D eigenvalue weighted by Crippen LogP contribution is 2.36. The first-order valence-corrected chi connectivity index (χ1v) is 10.3. The fourth-order valence-corrected chi connectivity index (χ4v) is 3.31. The van der Waals surface area contributed by atoms with E-state index in [0.29, 0.717) is 12.0 Å². The largest absolute Gasteiger partial charge is 0.496 e. The molecule has 2 N–H and O–H groups in total. The Kier molecular flexibility index (Phi) is 5.93. The molecule has 2 rings (SSSR count). The zero-order valence-corrected chi connectivity index (χ0v) is 16.7. The van der Waals surface area contributed by atoms with Crippen LogP contribution >= 0.6 is 0 Å². The minimum atomic E-state index is -3.28. The number of H-pyrrole nitrogens is 1. The summed E-state index contributed by atoms with van der Waals surface area (Å²) in [7, 11) is -1.67. The molecule has 0 saturated carbocycles. The van der Waals surface area contributed by atoms with Crippen LogP contribution in [0, 0.1) is 0 Å². The van der Waals surface area contributed by atoms with Crippen molar-refractivity contribution in [3.8, 4) is 16.9 Å². The number of hydrogen-bond acceptors (Lipinski definition) is 4. The number of aromatic nitrogens is 1. The van der Waals surface area contributed by atoms with E-state index in [-0.39, 0.29) is 17.5 Å². The van der Waals surface area contributed by atoms with Gasteiger partial charge < -0.3 is 9.72 Å². The summed E-state index contributed by atoms with van der Waals surface area (Å²) in [5, 5.41) is 0. The molecule has 0 aliphatic rings. The molecule has 0 amide bonds. The number of aromatic amines is 1. The number of methoxy groups -OCH3 is 1. The average molecular weight is 378 g/mol. The normalized spacial score (nSPS) is 12.2. The van der Waals surface area contributed by atoms with Crippen molar-refractivity contribution in [3.63, 3.8) is 0 Å². The molecule has 1 aromatic carbocycles. The van der Waals surface area contributed by atoms with Crippen LogP contribution in [0.3, 0.4) is 0 Å². The molecular weight excluding hydrogens is 352 g/mol. The number of rotatable bonds is 6. The number of pyridine rings is 1. The third kappa shape index (κ3) is 4.95. The highest BCUT2D eigenvalue weighted by atomic mass is 32.2. The molecule has 0 atom stereocenters. The van der Waals surface area contributed by atoms with Gasteiger partial charge in [0.2, 0.25) is 10.0 Å². The molecule has 0 bridgehead atoms. The third-order valence-electron chi connectivity index (χ3n) is 4.10. The van der Waals surface area contributed by atoms with Gasteiger partial charge >= 0.3 is 0 Å². The summed E-state index contributed by atoms with van der Waals surface area (Å²) in [6, 6.07) is 7.41. The smallest absolute Gasteiger partial charge is 0.255 e. The third-order valence-corrected chi connectivity index (χ3v) is 4.83. The van der Waals surface area contributed by atoms with Gasteiger partial charge in [0.05, 0.1) is 13.4 Å². The zero-order chi connectivity index (χ0) is 19.5. The zero-order valence-electron chi connectivity index (χ0n) is 15.8. The lowest BCUT2D eigenvalue weighted by Crippen LogP contribution is -2.24. The standard InChI is InChI=1S/C19H26N2O4S/c1-19(2,3)16-12-15(14-7-6-9-20-18(14)22)13(11-17(16)25-4)8-10-21-26(5,23)24/h6-7,9,11-12,21H,8,10H2,1-5H3,(H,20,22). The first-order chi connectivity index (χ1) is 12.0. The van der Waals surface area contributed by atoms with Crippen molar-refractivity contribution in [1.82, 2.24) is 9.71 Å². The SMILES string of the molecule is COc1cc(CCNS(C)(=O)=O)c(-c2ccc[nH]c2=O)cc1C(C)(C)C. The molecule has 6 nitrogen and oxygen atoms in total. The summed E-state index contributed by atoms with van der Waals surface area (Å²) < 4.78 is 30.7. The Bertz CT molecular complexity index is 941. The maximum Gasteiger partial charge on any atom is 0.255 e. The van der Waals surface area contributed by atoms with Crippen molar-refractivity contribution < 1.29 is 13.2 Å². The molecule has 0 aliphatic heterocycles. The Balaban J connectivity index is 2.61. The van der Waals surface area contributed by atoms with Gasteiger partial charge in [-0.2, -0.15) is 0 Å². The molecule has 0 spiro atoms. The Labute approximate surface area is 154 Å². The molecule has 142 valence electrons. The average Bonchev–Trinajstić information content (AvgIpc) is 2.53. The van der Waals surface area contributed by atoms with Crippen molar-refractivity contribution >= 4 is 10.0 Å². The van der Waals surface area contributed by atoms with E-state index in [1.165, 1.54) is 0 Å². The van der Waals surface area contributed by atoms with E-state index in [2.05, 4.69) is 30.5 Å². The van der Waals surface area contributed by atoms with Gasteiger partial charge in [-0.3, -0.25) is 4.79 Å². The van der Waals surface area contributed by atoms with Crippen molar-refractivity contribution in [2.24, 2.45) is 0 Å². The van der Waals surface area contributed by atoms with Crippen LogP contribution in [-0.4, -0.2) is 33.3 Å². The summed E-state index contributed by atoms with van der Waals surface area (Å²) in [5.74, 6) is 0.725. The number of hydrogen-bond donors (Lipinski definition) is 2. The summed E-state index contributed by atoms with van der Waals surface area (Å²) in [4.78, 5) is 15.0. The molecule has 1 aromatic heterocycles. The lowest BCUT2D eigenvalue weighted by atomic mass is 9.83. The quantitative estimate of drug-likeness (QED) is 0.808. The number of ether oxygens (including phenoxy) is 1. The fraction of sp³-hybridized carbons (Fsp3) is 0.421. The predicted molar refractivity (Wildman–Crippen MR) is 104 cm³/mol. The second kappa shape index (κ2) is 7.63. The fourth-order valence-electron chi connectivity index (χ4n) is 2.84. The first-order valence-electron chi connectivity index (χ1n) is 8.37. The van der Waals surface area contributed by atoms with Crippen LogP contribution in [0.5, 0.6) is 5.75 Å². The minimum absolute atomic E-state index is 0.175. The van der Waals surface area contributed by atoms with Gasteiger partial charge in [-0.05, 0) is 47.2 Å². The molecule has 0 unspecified atom stereocenters. The van der Waals surface area contributed by atoms with Crippen LogP contribution in [0.4, 0.5) is 0 Å². The van der Waals surface area contributed by atoms with E-state index in [0.717, 1.165) is 28.7 Å². The van der Waals surface area contributed by atoms with Crippen molar-refractivity contribution in [2.75, 3.05) is 19.9 Å². The molecule has 26 heavy (non-hydrogen) atoms. The maximum atomic E-state index is 12.3. The Morgan fingerprint density at radius 1 is 1.19 bits per heavy atom. The summed E-state index contributed by atoms with van der Waals surface area (Å²) in [6.45, 7) is 6.48. The maximum absolute atomic E-state index is 12.3. The first kappa shape index (κ1) is 20.2. The molecular formula is C19H26N2O4S. The van der Waals surface area contributed by atoms with Gasteiger partial charge in [-0.25, -0.2) is 13.1 Å². The van der Waals surface area contributed by atoms with E-state index >= 15 is 0 Å². The summed E-state index contributed by atoms with van der Waals surface area (Å²) >= 11 is 0.